The molecule has 2 aromatic heterocycles. The quantitative estimate of drug-likeness (QED) is 0.753. The molecule has 0 saturated carbocycles. The lowest BCUT2D eigenvalue weighted by atomic mass is 10.2. The summed E-state index contributed by atoms with van der Waals surface area (Å²) in [5.41, 5.74) is 2.41. The zero-order valence-corrected chi connectivity index (χ0v) is 10.00. The Morgan fingerprint density at radius 2 is 2.38 bits per heavy atom. The molecule has 3 rings (SSSR count). The van der Waals surface area contributed by atoms with Gasteiger partial charge >= 0.3 is 0 Å². The second-order valence-electron chi connectivity index (χ2n) is 4.12. The van der Waals surface area contributed by atoms with Crippen LogP contribution in [0.15, 0.2) is 24.5 Å². The maximum Gasteiger partial charge on any atom is 0.125 e. The van der Waals surface area contributed by atoms with Crippen LogP contribution in [0.1, 0.15) is 10.6 Å². The lowest BCUT2D eigenvalue weighted by molar-refractivity contribution is 0.314. The van der Waals surface area contributed by atoms with Crippen molar-refractivity contribution >= 4 is 11.3 Å². The highest BCUT2D eigenvalue weighted by Crippen LogP contribution is 2.30. The van der Waals surface area contributed by atoms with Gasteiger partial charge in [-0.25, -0.2) is 4.98 Å². The van der Waals surface area contributed by atoms with Gasteiger partial charge in [-0.2, -0.15) is 0 Å². The molecule has 2 aromatic rings. The second kappa shape index (κ2) is 3.96. The molecule has 0 saturated heterocycles. The van der Waals surface area contributed by atoms with Crippen molar-refractivity contribution in [3.05, 3.63) is 35.1 Å². The molecule has 0 atom stereocenters. The average Bonchev–Trinajstić information content (AvgIpc) is 2.73. The van der Waals surface area contributed by atoms with Gasteiger partial charge in [-0.15, -0.1) is 11.3 Å². The fourth-order valence-electron chi connectivity index (χ4n) is 1.94. The van der Waals surface area contributed by atoms with Gasteiger partial charge in [0.2, 0.25) is 0 Å². The van der Waals surface area contributed by atoms with Gasteiger partial charge in [-0.1, -0.05) is 0 Å². The molecule has 0 bridgehead atoms. The molecule has 0 spiro atoms. The molecular formula is C12H13N3S. The predicted octanol–water partition coefficient (Wildman–Crippen LogP) is 2.19. The van der Waals surface area contributed by atoms with Crippen molar-refractivity contribution in [1.29, 1.82) is 0 Å². The molecule has 0 fully saturated rings. The van der Waals surface area contributed by atoms with Crippen molar-refractivity contribution in [3.63, 3.8) is 0 Å². The molecule has 0 amide bonds. The van der Waals surface area contributed by atoms with E-state index in [0.29, 0.717) is 0 Å². The fourth-order valence-corrected chi connectivity index (χ4v) is 3.11. The molecule has 0 aromatic carbocycles. The Labute approximate surface area is 98.8 Å². The van der Waals surface area contributed by atoms with Crippen molar-refractivity contribution < 1.29 is 0 Å². The number of likely N-dealkylation sites (N-methyl/N-ethyl adjacent to an activating group) is 1. The van der Waals surface area contributed by atoms with Crippen molar-refractivity contribution in [2.24, 2.45) is 0 Å². The van der Waals surface area contributed by atoms with E-state index in [1.807, 2.05) is 12.3 Å². The Morgan fingerprint density at radius 1 is 1.44 bits per heavy atom. The number of fused-ring (bicyclic) bond motifs is 1. The Hall–Kier alpha value is -1.26. The summed E-state index contributed by atoms with van der Waals surface area (Å²) in [5.74, 6) is 0. The van der Waals surface area contributed by atoms with Crippen LogP contribution in [0.2, 0.25) is 0 Å². The predicted molar refractivity (Wildman–Crippen MR) is 65.4 cm³/mol. The van der Waals surface area contributed by atoms with E-state index in [-0.39, 0.29) is 0 Å². The first-order chi connectivity index (χ1) is 7.83. The third-order valence-electron chi connectivity index (χ3n) is 2.83. The molecule has 3 heterocycles. The number of hydrogen-bond acceptors (Lipinski definition) is 4. The van der Waals surface area contributed by atoms with Gasteiger partial charge in [0.1, 0.15) is 5.01 Å². The minimum absolute atomic E-state index is 1.03. The first-order valence-electron chi connectivity index (χ1n) is 5.40. The van der Waals surface area contributed by atoms with Crippen molar-refractivity contribution in [2.45, 2.75) is 13.0 Å². The van der Waals surface area contributed by atoms with E-state index in [9.17, 15) is 0 Å². The summed E-state index contributed by atoms with van der Waals surface area (Å²) < 4.78 is 0. The van der Waals surface area contributed by atoms with Gasteiger partial charge < -0.3 is 4.90 Å². The monoisotopic (exact) mass is 231 g/mol. The Morgan fingerprint density at radius 3 is 3.19 bits per heavy atom. The maximum absolute atomic E-state index is 4.71. The first-order valence-corrected chi connectivity index (χ1v) is 6.22. The van der Waals surface area contributed by atoms with Crippen LogP contribution in [0.4, 0.5) is 0 Å². The third kappa shape index (κ3) is 1.74. The lowest BCUT2D eigenvalue weighted by Crippen LogP contribution is -2.25. The van der Waals surface area contributed by atoms with Gasteiger partial charge in [0, 0.05) is 42.3 Å². The first kappa shape index (κ1) is 9.93. The fraction of sp³-hybridized carbons (Fsp3) is 0.333. The van der Waals surface area contributed by atoms with Gasteiger partial charge in [-0.3, -0.25) is 4.98 Å². The number of hydrogen-bond donors (Lipinski definition) is 0. The van der Waals surface area contributed by atoms with Crippen LogP contribution in [-0.4, -0.2) is 28.5 Å². The number of thiazole rings is 1. The zero-order chi connectivity index (χ0) is 11.0. The number of pyridine rings is 1. The molecule has 1 aliphatic heterocycles. The smallest absolute Gasteiger partial charge is 0.125 e. The molecular weight excluding hydrogens is 218 g/mol. The molecule has 0 N–H and O–H groups in total. The molecule has 82 valence electrons. The van der Waals surface area contributed by atoms with Gasteiger partial charge in [0.05, 0.1) is 5.69 Å². The highest BCUT2D eigenvalue weighted by atomic mass is 32.1. The molecule has 0 unspecified atom stereocenters. The van der Waals surface area contributed by atoms with Crippen LogP contribution < -0.4 is 0 Å². The minimum Gasteiger partial charge on any atom is -0.301 e. The van der Waals surface area contributed by atoms with Crippen LogP contribution in [0.3, 0.4) is 0 Å². The molecule has 16 heavy (non-hydrogen) atoms. The maximum atomic E-state index is 4.71. The lowest BCUT2D eigenvalue weighted by Gasteiger charge is -2.20. The van der Waals surface area contributed by atoms with E-state index in [2.05, 4.69) is 23.0 Å². The van der Waals surface area contributed by atoms with Crippen LogP contribution in [0, 0.1) is 0 Å². The highest BCUT2D eigenvalue weighted by molar-refractivity contribution is 7.15. The summed E-state index contributed by atoms with van der Waals surface area (Å²) in [6.45, 7) is 2.15. The normalized spacial score (nSPS) is 16.1. The summed E-state index contributed by atoms with van der Waals surface area (Å²) >= 11 is 1.80. The van der Waals surface area contributed by atoms with Gasteiger partial charge in [-0.05, 0) is 19.2 Å². The summed E-state index contributed by atoms with van der Waals surface area (Å²) in [6, 6.07) is 4.03. The third-order valence-corrected chi connectivity index (χ3v) is 3.96. The van der Waals surface area contributed by atoms with Crippen molar-refractivity contribution in [1.82, 2.24) is 14.9 Å². The largest absolute Gasteiger partial charge is 0.301 e. The van der Waals surface area contributed by atoms with Crippen LogP contribution in [0.5, 0.6) is 0 Å². The van der Waals surface area contributed by atoms with E-state index in [0.717, 1.165) is 30.1 Å². The SMILES string of the molecule is CN1CCc2nc(-c3cccnc3)sc2C1. The topological polar surface area (TPSA) is 29.0 Å². The summed E-state index contributed by atoms with van der Waals surface area (Å²) in [7, 11) is 2.16. The second-order valence-corrected chi connectivity index (χ2v) is 5.20. The number of rotatable bonds is 1. The van der Waals surface area contributed by atoms with E-state index in [1.54, 1.807) is 17.5 Å². The number of aromatic nitrogens is 2. The summed E-state index contributed by atoms with van der Waals surface area (Å²) in [4.78, 5) is 12.6. The Bertz CT molecular complexity index is 492. The summed E-state index contributed by atoms with van der Waals surface area (Å²) in [5, 5.41) is 1.11. The van der Waals surface area contributed by atoms with Crippen LogP contribution >= 0.6 is 11.3 Å². The van der Waals surface area contributed by atoms with Crippen LogP contribution in [-0.2, 0) is 13.0 Å². The molecule has 0 radical (unpaired) electrons. The van der Waals surface area contributed by atoms with E-state index < -0.39 is 0 Å². The van der Waals surface area contributed by atoms with E-state index in [1.165, 1.54) is 10.6 Å². The van der Waals surface area contributed by atoms with Gasteiger partial charge in [0.25, 0.3) is 0 Å². The number of nitrogens with zero attached hydrogens (tertiary/aromatic N) is 3. The van der Waals surface area contributed by atoms with E-state index in [4.69, 9.17) is 4.98 Å². The molecule has 4 heteroatoms. The highest BCUT2D eigenvalue weighted by Gasteiger charge is 2.18. The molecule has 3 nitrogen and oxygen atoms in total. The minimum atomic E-state index is 1.03. The van der Waals surface area contributed by atoms with Crippen molar-refractivity contribution in [2.75, 3.05) is 13.6 Å². The van der Waals surface area contributed by atoms with E-state index >= 15 is 0 Å². The standard InChI is InChI=1S/C12H13N3S/c1-15-6-4-10-11(8-15)16-12(14-10)9-3-2-5-13-7-9/h2-3,5,7H,4,6,8H2,1H3. The summed E-state index contributed by atoms with van der Waals surface area (Å²) in [6.07, 6.45) is 4.75. The zero-order valence-electron chi connectivity index (χ0n) is 9.18. The molecule has 0 aliphatic carbocycles. The molecule has 1 aliphatic rings. The van der Waals surface area contributed by atoms with Crippen LogP contribution in [0.25, 0.3) is 10.6 Å². The van der Waals surface area contributed by atoms with Gasteiger partial charge in [0.15, 0.2) is 0 Å². The Kier molecular flexibility index (Phi) is 2.46. The Balaban J connectivity index is 1.99. The van der Waals surface area contributed by atoms with Crippen molar-refractivity contribution in [3.8, 4) is 10.6 Å². The average molecular weight is 231 g/mol.